The number of carbonyl (C=O) groups excluding carboxylic acids is 2. The Labute approximate surface area is 129 Å². The highest BCUT2D eigenvalue weighted by Gasteiger charge is 2.14. The molecule has 20 heavy (non-hydrogen) atoms. The molecule has 0 spiro atoms. The molecule has 0 aromatic carbocycles. The van der Waals surface area contributed by atoms with E-state index in [1.807, 2.05) is 19.9 Å². The number of hydrogen-bond donors (Lipinski definition) is 2. The molecule has 2 N–H and O–H groups in total. The maximum atomic E-state index is 11.9. The first-order chi connectivity index (χ1) is 9.51. The number of carbonyl (C=O) groups is 2. The minimum atomic E-state index is -0.376. The monoisotopic (exact) mass is 328 g/mol. The van der Waals surface area contributed by atoms with Gasteiger partial charge in [-0.1, -0.05) is 18.5 Å². The second-order valence-electron chi connectivity index (χ2n) is 4.08. The Bertz CT molecular complexity index is 649. The third-order valence-electron chi connectivity index (χ3n) is 2.65. The van der Waals surface area contributed by atoms with Gasteiger partial charge in [0.1, 0.15) is 0 Å². The summed E-state index contributed by atoms with van der Waals surface area (Å²) in [5.41, 5.74) is 5.88. The van der Waals surface area contributed by atoms with Gasteiger partial charge in [-0.25, -0.2) is 0 Å². The molecule has 2 heterocycles. The van der Waals surface area contributed by atoms with Crippen molar-refractivity contribution in [2.45, 2.75) is 20.3 Å². The quantitative estimate of drug-likeness (QED) is 0.848. The van der Waals surface area contributed by atoms with Crippen LogP contribution < -0.4 is 10.9 Å². The predicted octanol–water partition coefficient (Wildman–Crippen LogP) is 3.41. The summed E-state index contributed by atoms with van der Waals surface area (Å²) in [7, 11) is 0. The molecule has 0 saturated heterocycles. The second-order valence-corrected chi connectivity index (χ2v) is 6.93. The van der Waals surface area contributed by atoms with Crippen LogP contribution >= 0.6 is 34.3 Å². The third kappa shape index (κ3) is 3.39. The Hall–Kier alpha value is -1.37. The standard InChI is InChI=1S/C13H13ClN2O2S2/c1-3-8-7(2)6-10(19-8)13(18)16-15-12(17)9-4-5-11(14)20-9/h4-6H,3H2,1-2H3,(H,15,17)(H,16,18). The van der Waals surface area contributed by atoms with Crippen LogP contribution in [-0.4, -0.2) is 11.8 Å². The van der Waals surface area contributed by atoms with Crippen molar-refractivity contribution in [2.24, 2.45) is 0 Å². The van der Waals surface area contributed by atoms with Crippen molar-refractivity contribution in [2.75, 3.05) is 0 Å². The summed E-state index contributed by atoms with van der Waals surface area (Å²) in [6.07, 6.45) is 0.893. The first-order valence-corrected chi connectivity index (χ1v) is 7.97. The van der Waals surface area contributed by atoms with E-state index in [2.05, 4.69) is 10.9 Å². The number of hydrogen-bond acceptors (Lipinski definition) is 4. The van der Waals surface area contributed by atoms with Crippen LogP contribution in [0.3, 0.4) is 0 Å². The van der Waals surface area contributed by atoms with E-state index in [4.69, 9.17) is 11.6 Å². The zero-order chi connectivity index (χ0) is 14.7. The van der Waals surface area contributed by atoms with Gasteiger partial charge < -0.3 is 0 Å². The van der Waals surface area contributed by atoms with Crippen molar-refractivity contribution >= 4 is 46.1 Å². The number of halogens is 1. The van der Waals surface area contributed by atoms with Crippen molar-refractivity contribution in [1.82, 2.24) is 10.9 Å². The molecular weight excluding hydrogens is 316 g/mol. The summed E-state index contributed by atoms with van der Waals surface area (Å²) in [5.74, 6) is -0.687. The molecule has 0 bridgehead atoms. The molecule has 0 radical (unpaired) electrons. The first kappa shape index (κ1) is 15.0. The van der Waals surface area contributed by atoms with Crippen molar-refractivity contribution in [1.29, 1.82) is 0 Å². The van der Waals surface area contributed by atoms with E-state index in [9.17, 15) is 9.59 Å². The molecule has 0 aliphatic heterocycles. The molecule has 2 amide bonds. The zero-order valence-corrected chi connectivity index (χ0v) is 13.3. The first-order valence-electron chi connectivity index (χ1n) is 5.96. The van der Waals surface area contributed by atoms with Crippen LogP contribution in [0.15, 0.2) is 18.2 Å². The fraction of sp³-hybridized carbons (Fsp3) is 0.231. The van der Waals surface area contributed by atoms with E-state index in [1.165, 1.54) is 16.2 Å². The van der Waals surface area contributed by atoms with Gasteiger partial charge in [-0.05, 0) is 37.1 Å². The lowest BCUT2D eigenvalue weighted by atomic mass is 10.2. The van der Waals surface area contributed by atoms with E-state index in [-0.39, 0.29) is 11.8 Å². The molecule has 2 aromatic rings. The van der Waals surface area contributed by atoms with E-state index < -0.39 is 0 Å². The number of thiophene rings is 2. The zero-order valence-electron chi connectivity index (χ0n) is 11.0. The molecule has 0 saturated carbocycles. The van der Waals surface area contributed by atoms with Gasteiger partial charge in [-0.15, -0.1) is 22.7 Å². The van der Waals surface area contributed by atoms with Gasteiger partial charge in [0, 0.05) is 4.88 Å². The largest absolute Gasteiger partial charge is 0.279 e. The molecule has 106 valence electrons. The maximum Gasteiger partial charge on any atom is 0.279 e. The normalized spacial score (nSPS) is 10.3. The molecule has 0 aliphatic rings. The van der Waals surface area contributed by atoms with Gasteiger partial charge in [0.2, 0.25) is 0 Å². The lowest BCUT2D eigenvalue weighted by Gasteiger charge is -2.04. The SMILES string of the molecule is CCc1sc(C(=O)NNC(=O)c2ccc(Cl)s2)cc1C. The van der Waals surface area contributed by atoms with Crippen LogP contribution in [0.5, 0.6) is 0 Å². The van der Waals surface area contributed by atoms with Gasteiger partial charge in [-0.3, -0.25) is 20.4 Å². The van der Waals surface area contributed by atoms with E-state index in [1.54, 1.807) is 12.1 Å². The lowest BCUT2D eigenvalue weighted by Crippen LogP contribution is -2.41. The number of hydrazine groups is 1. The average Bonchev–Trinajstić information content (AvgIpc) is 3.01. The van der Waals surface area contributed by atoms with Crippen LogP contribution in [0.25, 0.3) is 0 Å². The Morgan fingerprint density at radius 1 is 1.15 bits per heavy atom. The number of aryl methyl sites for hydroxylation is 2. The Balaban J connectivity index is 1.96. The molecule has 2 aromatic heterocycles. The molecule has 4 nitrogen and oxygen atoms in total. The molecule has 2 rings (SSSR count). The number of amides is 2. The molecule has 0 atom stereocenters. The summed E-state index contributed by atoms with van der Waals surface area (Å²) in [6.45, 7) is 4.02. The second kappa shape index (κ2) is 6.39. The average molecular weight is 329 g/mol. The summed E-state index contributed by atoms with van der Waals surface area (Å²) >= 11 is 8.35. The van der Waals surface area contributed by atoms with Crippen LogP contribution in [0, 0.1) is 6.92 Å². The van der Waals surface area contributed by atoms with Crippen LogP contribution in [-0.2, 0) is 6.42 Å². The molecule has 7 heteroatoms. The number of nitrogens with one attached hydrogen (secondary N) is 2. The van der Waals surface area contributed by atoms with E-state index in [0.29, 0.717) is 14.1 Å². The lowest BCUT2D eigenvalue weighted by molar-refractivity contribution is 0.0851. The Morgan fingerprint density at radius 2 is 1.80 bits per heavy atom. The Kier molecular flexibility index (Phi) is 4.80. The summed E-state index contributed by atoms with van der Waals surface area (Å²) in [6, 6.07) is 5.07. The molecule has 0 unspecified atom stereocenters. The molecule has 0 fully saturated rings. The van der Waals surface area contributed by atoms with Crippen molar-refractivity contribution in [3.63, 3.8) is 0 Å². The van der Waals surface area contributed by atoms with E-state index >= 15 is 0 Å². The minimum absolute atomic E-state index is 0.311. The predicted molar refractivity (Wildman–Crippen MR) is 82.7 cm³/mol. The van der Waals surface area contributed by atoms with Gasteiger partial charge in [0.15, 0.2) is 0 Å². The fourth-order valence-electron chi connectivity index (χ4n) is 1.66. The topological polar surface area (TPSA) is 58.2 Å². The number of rotatable bonds is 3. The fourth-order valence-corrected chi connectivity index (χ4v) is 3.60. The van der Waals surface area contributed by atoms with Gasteiger partial charge in [-0.2, -0.15) is 0 Å². The Morgan fingerprint density at radius 3 is 2.30 bits per heavy atom. The highest BCUT2D eigenvalue weighted by atomic mass is 35.5. The molecule has 0 aliphatic carbocycles. The summed E-state index contributed by atoms with van der Waals surface area (Å²) in [4.78, 5) is 25.9. The minimum Gasteiger partial charge on any atom is -0.266 e. The van der Waals surface area contributed by atoms with Gasteiger partial charge in [0.05, 0.1) is 14.1 Å². The summed E-state index contributed by atoms with van der Waals surface area (Å²) < 4.78 is 0.531. The van der Waals surface area contributed by atoms with Crippen molar-refractivity contribution < 1.29 is 9.59 Å². The van der Waals surface area contributed by atoms with Crippen LogP contribution in [0.4, 0.5) is 0 Å². The van der Waals surface area contributed by atoms with Gasteiger partial charge in [0.25, 0.3) is 11.8 Å². The van der Waals surface area contributed by atoms with Crippen LogP contribution in [0.1, 0.15) is 36.7 Å². The van der Waals surface area contributed by atoms with Crippen LogP contribution in [0.2, 0.25) is 4.34 Å². The summed E-state index contributed by atoms with van der Waals surface area (Å²) in [5, 5.41) is 0. The van der Waals surface area contributed by atoms with Crippen molar-refractivity contribution in [3.8, 4) is 0 Å². The van der Waals surface area contributed by atoms with E-state index in [0.717, 1.165) is 23.3 Å². The van der Waals surface area contributed by atoms with Crippen molar-refractivity contribution in [3.05, 3.63) is 42.7 Å². The smallest absolute Gasteiger partial charge is 0.266 e. The molecular formula is C13H13ClN2O2S2. The van der Waals surface area contributed by atoms with Gasteiger partial charge >= 0.3 is 0 Å². The highest BCUT2D eigenvalue weighted by Crippen LogP contribution is 2.22. The maximum absolute atomic E-state index is 11.9. The third-order valence-corrected chi connectivity index (χ3v) is 5.26. The highest BCUT2D eigenvalue weighted by molar-refractivity contribution is 7.18.